The summed E-state index contributed by atoms with van der Waals surface area (Å²) in [6.45, 7) is 6.84. The standard InChI is InChI=1S/C24H23N3O/c1-4-28-21-13-12-17-9-5-6-10-18(17)22(21)24-25-23-15(2)8-7-11-19(23)20-14-16(3)26-27(20)24/h5-14,24-25H,4H2,1-3H3. The van der Waals surface area contributed by atoms with Crippen molar-refractivity contribution in [3.05, 3.63) is 77.5 Å². The zero-order valence-electron chi connectivity index (χ0n) is 16.4. The molecule has 2 heterocycles. The van der Waals surface area contributed by atoms with Crippen molar-refractivity contribution < 1.29 is 4.74 Å². The molecule has 140 valence electrons. The quantitative estimate of drug-likeness (QED) is 0.504. The molecule has 3 aromatic carbocycles. The highest BCUT2D eigenvalue weighted by Crippen LogP contribution is 2.44. The molecule has 0 saturated carbocycles. The number of aromatic nitrogens is 2. The van der Waals surface area contributed by atoms with Crippen LogP contribution in [0, 0.1) is 13.8 Å². The zero-order valence-corrected chi connectivity index (χ0v) is 16.4. The van der Waals surface area contributed by atoms with Gasteiger partial charge in [-0.25, -0.2) is 4.68 Å². The van der Waals surface area contributed by atoms with Gasteiger partial charge in [-0.05, 0) is 49.2 Å². The normalized spacial score (nSPS) is 15.0. The number of aryl methyl sites for hydroxylation is 2. The predicted octanol–water partition coefficient (Wildman–Crippen LogP) is 5.69. The van der Waals surface area contributed by atoms with Crippen molar-refractivity contribution in [2.75, 3.05) is 11.9 Å². The van der Waals surface area contributed by atoms with E-state index in [4.69, 9.17) is 9.84 Å². The fourth-order valence-corrected chi connectivity index (χ4v) is 4.22. The van der Waals surface area contributed by atoms with Gasteiger partial charge >= 0.3 is 0 Å². The van der Waals surface area contributed by atoms with Crippen LogP contribution in [-0.2, 0) is 0 Å². The number of nitrogens with one attached hydrogen (secondary N) is 1. The number of anilines is 1. The topological polar surface area (TPSA) is 39.1 Å². The van der Waals surface area contributed by atoms with Gasteiger partial charge in [-0.15, -0.1) is 0 Å². The van der Waals surface area contributed by atoms with Crippen LogP contribution in [-0.4, -0.2) is 16.4 Å². The van der Waals surface area contributed by atoms with Crippen molar-refractivity contribution in [2.45, 2.75) is 26.9 Å². The van der Waals surface area contributed by atoms with Crippen LogP contribution >= 0.6 is 0 Å². The van der Waals surface area contributed by atoms with Crippen molar-refractivity contribution in [2.24, 2.45) is 0 Å². The molecule has 0 saturated heterocycles. The fourth-order valence-electron chi connectivity index (χ4n) is 4.22. The van der Waals surface area contributed by atoms with Gasteiger partial charge in [-0.2, -0.15) is 5.10 Å². The Kier molecular flexibility index (Phi) is 3.86. The van der Waals surface area contributed by atoms with E-state index >= 15 is 0 Å². The highest BCUT2D eigenvalue weighted by Gasteiger charge is 2.30. The Morgan fingerprint density at radius 3 is 2.75 bits per heavy atom. The van der Waals surface area contributed by atoms with Crippen LogP contribution in [0.2, 0.25) is 0 Å². The van der Waals surface area contributed by atoms with E-state index in [0.29, 0.717) is 6.61 Å². The molecular weight excluding hydrogens is 346 g/mol. The van der Waals surface area contributed by atoms with Gasteiger partial charge in [-0.3, -0.25) is 0 Å². The highest BCUT2D eigenvalue weighted by atomic mass is 16.5. The van der Waals surface area contributed by atoms with Crippen molar-refractivity contribution in [1.29, 1.82) is 0 Å². The lowest BCUT2D eigenvalue weighted by Crippen LogP contribution is -2.27. The second-order valence-electron chi connectivity index (χ2n) is 7.29. The van der Waals surface area contributed by atoms with Crippen LogP contribution in [0.5, 0.6) is 5.75 Å². The average Bonchev–Trinajstić information content (AvgIpc) is 3.10. The third kappa shape index (κ3) is 2.48. The molecule has 4 aromatic rings. The first kappa shape index (κ1) is 16.9. The third-order valence-corrected chi connectivity index (χ3v) is 5.44. The number of ether oxygens (including phenoxy) is 1. The van der Waals surface area contributed by atoms with Crippen molar-refractivity contribution >= 4 is 16.5 Å². The Bertz CT molecular complexity index is 1190. The Labute approximate surface area is 164 Å². The minimum Gasteiger partial charge on any atom is -0.493 e. The second kappa shape index (κ2) is 6.41. The summed E-state index contributed by atoms with van der Waals surface area (Å²) >= 11 is 0. The van der Waals surface area contributed by atoms with Gasteiger partial charge in [0.05, 0.1) is 18.0 Å². The van der Waals surface area contributed by atoms with Crippen LogP contribution < -0.4 is 10.1 Å². The molecule has 4 heteroatoms. The smallest absolute Gasteiger partial charge is 0.151 e. The van der Waals surface area contributed by atoms with Gasteiger partial charge in [0.25, 0.3) is 0 Å². The first-order valence-corrected chi connectivity index (χ1v) is 9.74. The molecule has 4 nitrogen and oxygen atoms in total. The van der Waals surface area contributed by atoms with Gasteiger partial charge in [0.15, 0.2) is 6.17 Å². The first-order valence-electron chi connectivity index (χ1n) is 9.74. The van der Waals surface area contributed by atoms with Gasteiger partial charge < -0.3 is 10.1 Å². The molecule has 0 bridgehead atoms. The number of hydrogen-bond acceptors (Lipinski definition) is 3. The molecular formula is C24H23N3O. The molecule has 1 unspecified atom stereocenters. The lowest BCUT2D eigenvalue weighted by molar-refractivity contribution is 0.333. The summed E-state index contributed by atoms with van der Waals surface area (Å²) in [4.78, 5) is 0. The molecule has 0 spiro atoms. The lowest BCUT2D eigenvalue weighted by Gasteiger charge is -2.32. The van der Waals surface area contributed by atoms with Gasteiger partial charge in [-0.1, -0.05) is 48.5 Å². The van der Waals surface area contributed by atoms with Gasteiger partial charge in [0.1, 0.15) is 5.75 Å². The van der Waals surface area contributed by atoms with Crippen LogP contribution in [0.4, 0.5) is 5.69 Å². The summed E-state index contributed by atoms with van der Waals surface area (Å²) in [5, 5.41) is 11.0. The van der Waals surface area contributed by atoms with Gasteiger partial charge in [0, 0.05) is 16.8 Å². The molecule has 1 aliphatic heterocycles. The Morgan fingerprint density at radius 1 is 1.04 bits per heavy atom. The summed E-state index contributed by atoms with van der Waals surface area (Å²) in [6, 6.07) is 21.2. The molecule has 1 N–H and O–H groups in total. The second-order valence-corrected chi connectivity index (χ2v) is 7.29. The van der Waals surface area contributed by atoms with E-state index in [1.807, 2.05) is 13.8 Å². The molecule has 28 heavy (non-hydrogen) atoms. The maximum Gasteiger partial charge on any atom is 0.151 e. The summed E-state index contributed by atoms with van der Waals surface area (Å²) in [7, 11) is 0. The van der Waals surface area contributed by atoms with E-state index < -0.39 is 0 Å². The number of nitrogens with zero attached hydrogens (tertiary/aromatic N) is 2. The number of hydrogen-bond donors (Lipinski definition) is 1. The summed E-state index contributed by atoms with van der Waals surface area (Å²) in [5.74, 6) is 0.898. The van der Waals surface area contributed by atoms with E-state index in [0.717, 1.165) is 28.4 Å². The highest BCUT2D eigenvalue weighted by molar-refractivity contribution is 5.90. The van der Waals surface area contributed by atoms with Crippen molar-refractivity contribution in [1.82, 2.24) is 9.78 Å². The number of para-hydroxylation sites is 1. The van der Waals surface area contributed by atoms with Crippen LogP contribution in [0.1, 0.15) is 29.9 Å². The average molecular weight is 369 g/mol. The predicted molar refractivity (Wildman–Crippen MR) is 114 cm³/mol. The Hall–Kier alpha value is -3.27. The Balaban J connectivity index is 1.81. The molecule has 1 aliphatic rings. The van der Waals surface area contributed by atoms with Crippen LogP contribution in [0.15, 0.2) is 60.7 Å². The first-order chi connectivity index (χ1) is 13.7. The molecule has 1 atom stereocenters. The minimum atomic E-state index is -0.134. The summed E-state index contributed by atoms with van der Waals surface area (Å²) in [6.07, 6.45) is -0.134. The Morgan fingerprint density at radius 2 is 1.89 bits per heavy atom. The molecule has 0 fully saturated rings. The van der Waals surface area contributed by atoms with Gasteiger partial charge in [0.2, 0.25) is 0 Å². The van der Waals surface area contributed by atoms with Crippen LogP contribution in [0.3, 0.4) is 0 Å². The van der Waals surface area contributed by atoms with E-state index in [9.17, 15) is 0 Å². The lowest BCUT2D eigenvalue weighted by atomic mass is 9.97. The zero-order chi connectivity index (χ0) is 19.3. The van der Waals surface area contributed by atoms with Crippen molar-refractivity contribution in [3.63, 3.8) is 0 Å². The number of benzene rings is 3. The fraction of sp³-hybridized carbons (Fsp3) is 0.208. The maximum absolute atomic E-state index is 6.06. The largest absolute Gasteiger partial charge is 0.493 e. The van der Waals surface area contributed by atoms with E-state index in [1.54, 1.807) is 0 Å². The maximum atomic E-state index is 6.06. The number of rotatable bonds is 3. The van der Waals surface area contributed by atoms with E-state index in [1.165, 1.54) is 21.9 Å². The summed E-state index contributed by atoms with van der Waals surface area (Å²) < 4.78 is 8.16. The molecule has 0 radical (unpaired) electrons. The van der Waals surface area contributed by atoms with Crippen molar-refractivity contribution in [3.8, 4) is 17.0 Å². The monoisotopic (exact) mass is 369 g/mol. The van der Waals surface area contributed by atoms with E-state index in [-0.39, 0.29) is 6.17 Å². The molecule has 0 amide bonds. The molecule has 5 rings (SSSR count). The summed E-state index contributed by atoms with van der Waals surface area (Å²) in [5.41, 5.74) is 6.85. The SMILES string of the molecule is CCOc1ccc2ccccc2c1C1Nc2c(C)cccc2-c2cc(C)nn21. The molecule has 1 aromatic heterocycles. The third-order valence-electron chi connectivity index (χ3n) is 5.44. The number of fused-ring (bicyclic) bond motifs is 4. The van der Waals surface area contributed by atoms with Crippen LogP contribution in [0.25, 0.3) is 22.0 Å². The molecule has 0 aliphatic carbocycles. The van der Waals surface area contributed by atoms with E-state index in [2.05, 4.69) is 77.6 Å². The minimum absolute atomic E-state index is 0.134.